The van der Waals surface area contributed by atoms with E-state index in [2.05, 4.69) is 11.2 Å². The van der Waals surface area contributed by atoms with Gasteiger partial charge in [0.15, 0.2) is 0 Å². The minimum Gasteiger partial charge on any atom is -0.219 e. The molecular weight excluding hydrogens is 288 g/mol. The third-order valence-corrected chi connectivity index (χ3v) is 5.39. The molecule has 102 valence electrons. The minimum atomic E-state index is -3.47. The van der Waals surface area contributed by atoms with Crippen LogP contribution in [0.2, 0.25) is 0 Å². The molecule has 0 aliphatic heterocycles. The summed E-state index contributed by atoms with van der Waals surface area (Å²) in [5.74, 6) is 3.35. The molecule has 4 heteroatoms. The zero-order chi connectivity index (χ0) is 14.4. The molecular formula is C16H14O2S2. The summed E-state index contributed by atoms with van der Waals surface area (Å²) in [6.07, 6.45) is 0. The first-order valence-corrected chi connectivity index (χ1v) is 8.54. The topological polar surface area (TPSA) is 34.1 Å². The normalized spacial score (nSPS) is 10.7. The van der Waals surface area contributed by atoms with E-state index in [4.69, 9.17) is 0 Å². The van der Waals surface area contributed by atoms with Crippen molar-refractivity contribution in [2.45, 2.75) is 22.5 Å². The van der Waals surface area contributed by atoms with E-state index in [-0.39, 0.29) is 0 Å². The Morgan fingerprint density at radius 2 is 1.65 bits per heavy atom. The van der Waals surface area contributed by atoms with Crippen LogP contribution in [0.25, 0.3) is 0 Å². The maximum atomic E-state index is 12.6. The van der Waals surface area contributed by atoms with Crippen molar-refractivity contribution in [2.75, 3.05) is 0 Å². The maximum Gasteiger partial charge on any atom is 0.206 e. The Bertz CT molecular complexity index is 739. The molecule has 0 bridgehead atoms. The van der Waals surface area contributed by atoms with Crippen LogP contribution < -0.4 is 0 Å². The van der Waals surface area contributed by atoms with E-state index in [1.54, 1.807) is 49.4 Å². The molecule has 2 aromatic rings. The third kappa shape index (κ3) is 3.24. The summed E-state index contributed by atoms with van der Waals surface area (Å²) in [5.41, 5.74) is 0.782. The molecule has 0 atom stereocenters. The fourth-order valence-corrected chi connectivity index (χ4v) is 4.03. The lowest BCUT2D eigenvalue weighted by atomic mass is 10.2. The third-order valence-electron chi connectivity index (χ3n) is 2.72. The second kappa shape index (κ2) is 6.65. The molecule has 0 saturated heterocycles. The SMILES string of the molecule is CC#CSCc1ccccc1S(=O)(=O)c1ccccc1. The maximum absolute atomic E-state index is 12.6. The molecule has 2 rings (SSSR count). The average molecular weight is 302 g/mol. The first-order valence-electron chi connectivity index (χ1n) is 6.08. The van der Waals surface area contributed by atoms with Gasteiger partial charge in [0.25, 0.3) is 0 Å². The van der Waals surface area contributed by atoms with Crippen LogP contribution in [-0.4, -0.2) is 8.42 Å². The van der Waals surface area contributed by atoms with E-state index in [0.717, 1.165) is 5.56 Å². The Balaban J connectivity index is 2.44. The van der Waals surface area contributed by atoms with Crippen molar-refractivity contribution in [3.63, 3.8) is 0 Å². The molecule has 2 aromatic carbocycles. The number of hydrogen-bond acceptors (Lipinski definition) is 3. The van der Waals surface area contributed by atoms with Gasteiger partial charge in [-0.15, -0.1) is 0 Å². The molecule has 0 saturated carbocycles. The summed E-state index contributed by atoms with van der Waals surface area (Å²) in [7, 11) is -3.47. The van der Waals surface area contributed by atoms with Crippen molar-refractivity contribution in [3.05, 3.63) is 60.2 Å². The van der Waals surface area contributed by atoms with Crippen molar-refractivity contribution >= 4 is 21.6 Å². The highest BCUT2D eigenvalue weighted by molar-refractivity contribution is 8.03. The van der Waals surface area contributed by atoms with Gasteiger partial charge in [0.05, 0.1) is 9.79 Å². The molecule has 0 aliphatic rings. The predicted octanol–water partition coefficient (Wildman–Crippen LogP) is 3.73. The van der Waals surface area contributed by atoms with Crippen molar-refractivity contribution < 1.29 is 8.42 Å². The van der Waals surface area contributed by atoms with Crippen LogP contribution in [0.15, 0.2) is 64.4 Å². The number of benzene rings is 2. The molecule has 0 aliphatic carbocycles. The number of rotatable bonds is 4. The second-order valence-corrected chi connectivity index (χ2v) is 6.76. The fourth-order valence-electron chi connectivity index (χ4n) is 1.80. The summed E-state index contributed by atoms with van der Waals surface area (Å²) in [6, 6.07) is 15.6. The molecule has 0 unspecified atom stereocenters. The van der Waals surface area contributed by atoms with E-state index in [1.165, 1.54) is 11.8 Å². The predicted molar refractivity (Wildman–Crippen MR) is 83.1 cm³/mol. The van der Waals surface area contributed by atoms with Gasteiger partial charge >= 0.3 is 0 Å². The summed E-state index contributed by atoms with van der Waals surface area (Å²) in [4.78, 5) is 0.677. The molecule has 0 N–H and O–H groups in total. The van der Waals surface area contributed by atoms with Crippen LogP contribution in [0.1, 0.15) is 12.5 Å². The lowest BCUT2D eigenvalue weighted by molar-refractivity contribution is 0.595. The van der Waals surface area contributed by atoms with Gasteiger partial charge < -0.3 is 0 Å². The monoisotopic (exact) mass is 302 g/mol. The van der Waals surface area contributed by atoms with Gasteiger partial charge in [0.2, 0.25) is 9.84 Å². The average Bonchev–Trinajstić information content (AvgIpc) is 2.49. The molecule has 0 radical (unpaired) electrons. The number of hydrogen-bond donors (Lipinski definition) is 0. The minimum absolute atomic E-state index is 0.319. The second-order valence-electron chi connectivity index (χ2n) is 4.06. The summed E-state index contributed by atoms with van der Waals surface area (Å²) in [5, 5.41) is 2.89. The van der Waals surface area contributed by atoms with Crippen LogP contribution in [0, 0.1) is 11.2 Å². The Kier molecular flexibility index (Phi) is 4.89. The van der Waals surface area contributed by atoms with Crippen LogP contribution in [0.3, 0.4) is 0 Å². The van der Waals surface area contributed by atoms with E-state index in [1.807, 2.05) is 12.1 Å². The smallest absolute Gasteiger partial charge is 0.206 e. The highest BCUT2D eigenvalue weighted by Gasteiger charge is 2.20. The lowest BCUT2D eigenvalue weighted by Gasteiger charge is -2.09. The van der Waals surface area contributed by atoms with E-state index in [0.29, 0.717) is 15.5 Å². The van der Waals surface area contributed by atoms with Crippen LogP contribution in [0.5, 0.6) is 0 Å². The molecule has 0 heterocycles. The van der Waals surface area contributed by atoms with E-state index in [9.17, 15) is 8.42 Å². The Labute approximate surface area is 124 Å². The molecule has 2 nitrogen and oxygen atoms in total. The van der Waals surface area contributed by atoms with Gasteiger partial charge in [-0.3, -0.25) is 0 Å². The highest BCUT2D eigenvalue weighted by Crippen LogP contribution is 2.26. The van der Waals surface area contributed by atoms with Crippen LogP contribution in [0.4, 0.5) is 0 Å². The molecule has 0 spiro atoms. The quantitative estimate of drug-likeness (QED) is 0.807. The zero-order valence-electron chi connectivity index (χ0n) is 11.0. The molecule has 0 amide bonds. The van der Waals surface area contributed by atoms with Gasteiger partial charge in [0.1, 0.15) is 0 Å². The Morgan fingerprint density at radius 1 is 1.00 bits per heavy atom. The largest absolute Gasteiger partial charge is 0.219 e. The number of sulfone groups is 1. The first kappa shape index (κ1) is 14.7. The van der Waals surface area contributed by atoms with Gasteiger partial charge in [-0.1, -0.05) is 54.1 Å². The molecule has 0 fully saturated rings. The summed E-state index contributed by atoms with van der Waals surface area (Å²) in [6.45, 7) is 1.76. The van der Waals surface area contributed by atoms with Gasteiger partial charge in [-0.05, 0) is 35.9 Å². The van der Waals surface area contributed by atoms with E-state index < -0.39 is 9.84 Å². The zero-order valence-corrected chi connectivity index (χ0v) is 12.7. The van der Waals surface area contributed by atoms with Gasteiger partial charge in [0, 0.05) is 5.75 Å². The van der Waals surface area contributed by atoms with Crippen molar-refractivity contribution in [1.82, 2.24) is 0 Å². The van der Waals surface area contributed by atoms with Crippen molar-refractivity contribution in [1.29, 1.82) is 0 Å². The summed E-state index contributed by atoms with van der Waals surface area (Å²) >= 11 is 1.41. The fraction of sp³-hybridized carbons (Fsp3) is 0.125. The Hall–Kier alpha value is -1.70. The highest BCUT2D eigenvalue weighted by atomic mass is 32.2. The van der Waals surface area contributed by atoms with Crippen molar-refractivity contribution in [2.24, 2.45) is 0 Å². The molecule has 20 heavy (non-hydrogen) atoms. The number of thioether (sulfide) groups is 1. The van der Waals surface area contributed by atoms with Crippen LogP contribution in [-0.2, 0) is 15.6 Å². The molecule has 0 aromatic heterocycles. The Morgan fingerprint density at radius 3 is 2.35 bits per heavy atom. The van der Waals surface area contributed by atoms with Gasteiger partial charge in [-0.2, -0.15) is 0 Å². The van der Waals surface area contributed by atoms with E-state index >= 15 is 0 Å². The standard InChI is InChI=1S/C16H14O2S2/c1-2-12-19-13-14-8-6-7-11-16(14)20(17,18)15-9-4-3-5-10-15/h3-11H,13H2,1H3. The first-order chi connectivity index (χ1) is 9.66. The van der Waals surface area contributed by atoms with Crippen molar-refractivity contribution in [3.8, 4) is 11.2 Å². The van der Waals surface area contributed by atoms with Gasteiger partial charge in [-0.25, -0.2) is 8.42 Å². The lowest BCUT2D eigenvalue weighted by Crippen LogP contribution is -2.04. The summed E-state index contributed by atoms with van der Waals surface area (Å²) < 4.78 is 25.3. The van der Waals surface area contributed by atoms with Crippen LogP contribution >= 0.6 is 11.8 Å².